The van der Waals surface area contributed by atoms with Crippen molar-refractivity contribution in [3.05, 3.63) is 100 Å². The van der Waals surface area contributed by atoms with E-state index in [4.69, 9.17) is 21.3 Å². The van der Waals surface area contributed by atoms with Gasteiger partial charge in [0.25, 0.3) is 0 Å². The molecule has 0 aliphatic carbocycles. The molecule has 39 heavy (non-hydrogen) atoms. The van der Waals surface area contributed by atoms with E-state index in [9.17, 15) is 4.79 Å². The molecule has 4 heterocycles. The first-order chi connectivity index (χ1) is 18.9. The third-order valence-electron chi connectivity index (χ3n) is 7.45. The van der Waals surface area contributed by atoms with Gasteiger partial charge in [-0.15, -0.1) is 0 Å². The molecule has 0 radical (unpaired) electrons. The quantitative estimate of drug-likeness (QED) is 0.253. The Kier molecular flexibility index (Phi) is 6.09. The summed E-state index contributed by atoms with van der Waals surface area (Å²) in [5, 5.41) is 3.95. The molecule has 196 valence electrons. The average Bonchev–Trinajstić information content (AvgIpc) is 3.41. The highest BCUT2D eigenvalue weighted by atomic mass is 35.5. The summed E-state index contributed by atoms with van der Waals surface area (Å²) in [4.78, 5) is 27.6. The van der Waals surface area contributed by atoms with Gasteiger partial charge in [0.1, 0.15) is 22.1 Å². The second-order valence-electron chi connectivity index (χ2n) is 9.55. The first kappa shape index (κ1) is 25.0. The molecule has 0 saturated carbocycles. The maximum atomic E-state index is 13.8. The van der Waals surface area contributed by atoms with Crippen LogP contribution in [0.15, 0.2) is 89.1 Å². The van der Waals surface area contributed by atoms with Crippen molar-refractivity contribution in [3.8, 4) is 5.69 Å². The maximum absolute atomic E-state index is 13.8. The van der Waals surface area contributed by atoms with Crippen LogP contribution < -0.4 is 9.80 Å². The summed E-state index contributed by atoms with van der Waals surface area (Å²) >= 11 is 6.80. The third-order valence-corrected chi connectivity index (χ3v) is 7.77. The van der Waals surface area contributed by atoms with Gasteiger partial charge in [-0.2, -0.15) is 4.48 Å². The second kappa shape index (κ2) is 9.48. The molecule has 9 heteroatoms. The van der Waals surface area contributed by atoms with Crippen molar-refractivity contribution in [3.63, 3.8) is 0 Å². The van der Waals surface area contributed by atoms with Gasteiger partial charge in [-0.25, -0.2) is 14.8 Å². The lowest BCUT2D eigenvalue weighted by Gasteiger charge is -2.37. The topological polar surface area (TPSA) is 81.4 Å². The number of para-hydroxylation sites is 1. The number of ether oxygens (including phenoxy) is 1. The summed E-state index contributed by atoms with van der Waals surface area (Å²) in [6.45, 7) is 8.34. The fourth-order valence-electron chi connectivity index (χ4n) is 5.62. The number of imidazole rings is 1. The summed E-state index contributed by atoms with van der Waals surface area (Å²) in [6.07, 6.45) is 3.53. The zero-order valence-corrected chi connectivity index (χ0v) is 23.0. The Morgan fingerprint density at radius 1 is 1.10 bits per heavy atom. The first-order valence-electron chi connectivity index (χ1n) is 12.8. The Bertz CT molecular complexity index is 1730. The molecule has 0 saturated heterocycles. The number of guanidine groups is 1. The maximum Gasteiger partial charge on any atom is 0.394 e. The molecule has 0 amide bonds. The van der Waals surface area contributed by atoms with E-state index in [0.717, 1.165) is 50.8 Å². The molecule has 0 bridgehead atoms. The zero-order valence-electron chi connectivity index (χ0n) is 22.2. The van der Waals surface area contributed by atoms with Crippen LogP contribution in [0.2, 0.25) is 5.02 Å². The average molecular weight is 540 g/mol. The summed E-state index contributed by atoms with van der Waals surface area (Å²) in [5.74, 6) is 1.10. The number of allylic oxidation sites excluding steroid dienone is 2. The highest BCUT2D eigenvalue weighted by Crippen LogP contribution is 2.47. The van der Waals surface area contributed by atoms with E-state index >= 15 is 0 Å². The summed E-state index contributed by atoms with van der Waals surface area (Å²) in [5.41, 5.74) is 7.52. The number of nitrogens with one attached hydrogen (secondary N) is 1. The van der Waals surface area contributed by atoms with Crippen molar-refractivity contribution in [2.24, 2.45) is 4.99 Å². The fourth-order valence-corrected chi connectivity index (χ4v) is 5.88. The summed E-state index contributed by atoms with van der Waals surface area (Å²) in [6, 6.07) is 17.7. The highest BCUT2D eigenvalue weighted by molar-refractivity contribution is 6.34. The Morgan fingerprint density at radius 2 is 1.87 bits per heavy atom. The van der Waals surface area contributed by atoms with Crippen LogP contribution in [0.4, 0.5) is 5.69 Å². The van der Waals surface area contributed by atoms with Crippen LogP contribution in [0.5, 0.6) is 0 Å². The van der Waals surface area contributed by atoms with Gasteiger partial charge in [0.05, 0.1) is 36.1 Å². The number of hydrogen-bond acceptors (Lipinski definition) is 6. The SMILES string of the molecule is CCOC(=O)C1=C(c2ccc(-n3c(C)nc4cnccc43)cc2)CN=C2NC(C)=C(C)[N+]21c1ccccc1Cl. The number of hydrogen-bond donors (Lipinski definition) is 1. The molecule has 0 spiro atoms. The van der Waals surface area contributed by atoms with Crippen LogP contribution in [0.3, 0.4) is 0 Å². The van der Waals surface area contributed by atoms with Crippen molar-refractivity contribution in [1.82, 2.24) is 24.3 Å². The number of benzene rings is 2. The Balaban J connectivity index is 1.57. The summed E-state index contributed by atoms with van der Waals surface area (Å²) < 4.78 is 7.74. The van der Waals surface area contributed by atoms with Crippen molar-refractivity contribution in [2.45, 2.75) is 27.7 Å². The Morgan fingerprint density at radius 3 is 2.62 bits per heavy atom. The van der Waals surface area contributed by atoms with Crippen LogP contribution in [-0.2, 0) is 9.53 Å². The lowest BCUT2D eigenvalue weighted by molar-refractivity contribution is -0.139. The zero-order chi connectivity index (χ0) is 27.3. The van der Waals surface area contributed by atoms with E-state index in [0.29, 0.717) is 23.2 Å². The van der Waals surface area contributed by atoms with Gasteiger partial charge in [0.2, 0.25) is 5.70 Å². The first-order valence-corrected chi connectivity index (χ1v) is 13.2. The fraction of sp³-hybridized carbons (Fsp3) is 0.200. The van der Waals surface area contributed by atoms with Gasteiger partial charge in [-0.05, 0) is 50.6 Å². The number of carbonyl (C=O) groups is 1. The smallest absolute Gasteiger partial charge is 0.394 e. The van der Waals surface area contributed by atoms with Crippen molar-refractivity contribution >= 4 is 45.8 Å². The largest absolute Gasteiger partial charge is 0.458 e. The number of halogens is 1. The molecule has 1 atom stereocenters. The molecule has 2 aromatic heterocycles. The van der Waals surface area contributed by atoms with E-state index in [2.05, 4.69) is 19.9 Å². The number of carbonyl (C=O) groups excluding carboxylic acids is 1. The number of aliphatic imine (C=N–C) groups is 1. The van der Waals surface area contributed by atoms with Crippen LogP contribution >= 0.6 is 11.6 Å². The van der Waals surface area contributed by atoms with Gasteiger partial charge < -0.3 is 4.74 Å². The van der Waals surface area contributed by atoms with Crippen molar-refractivity contribution in [2.75, 3.05) is 13.2 Å². The minimum atomic E-state index is -0.399. The van der Waals surface area contributed by atoms with Crippen molar-refractivity contribution in [1.29, 1.82) is 0 Å². The van der Waals surface area contributed by atoms with Crippen molar-refractivity contribution < 1.29 is 9.53 Å². The minimum Gasteiger partial charge on any atom is -0.458 e. The molecular weight excluding hydrogens is 512 g/mol. The number of aryl methyl sites for hydroxylation is 1. The number of fused-ring (bicyclic) bond motifs is 2. The Labute approximate surface area is 231 Å². The second-order valence-corrected chi connectivity index (χ2v) is 9.96. The van der Waals surface area contributed by atoms with Crippen LogP contribution in [0.25, 0.3) is 22.3 Å². The molecule has 8 nitrogen and oxygen atoms in total. The highest BCUT2D eigenvalue weighted by Gasteiger charge is 2.57. The van der Waals surface area contributed by atoms with Crippen LogP contribution in [-0.4, -0.2) is 39.6 Å². The molecule has 2 aromatic carbocycles. The van der Waals surface area contributed by atoms with Gasteiger partial charge in [-0.3, -0.25) is 14.9 Å². The van der Waals surface area contributed by atoms with E-state index < -0.39 is 5.97 Å². The predicted octanol–water partition coefficient (Wildman–Crippen LogP) is 5.89. The molecule has 1 N–H and O–H groups in total. The number of aromatic nitrogens is 3. The van der Waals surface area contributed by atoms with Crippen LogP contribution in [0.1, 0.15) is 32.2 Å². The molecule has 2 aliphatic heterocycles. The molecule has 6 rings (SSSR count). The number of pyridine rings is 1. The van der Waals surface area contributed by atoms with Gasteiger partial charge in [0, 0.05) is 24.9 Å². The van der Waals surface area contributed by atoms with Crippen LogP contribution in [0, 0.1) is 6.92 Å². The molecule has 2 aliphatic rings. The lowest BCUT2D eigenvalue weighted by atomic mass is 9.98. The van der Waals surface area contributed by atoms with Gasteiger partial charge in [-0.1, -0.05) is 35.9 Å². The molecular formula is C30H28ClN6O2+. The molecule has 4 aromatic rings. The molecule has 0 fully saturated rings. The van der Waals surface area contributed by atoms with Gasteiger partial charge >= 0.3 is 11.9 Å². The monoisotopic (exact) mass is 539 g/mol. The number of quaternary nitrogens is 1. The number of nitrogens with zero attached hydrogens (tertiary/aromatic N) is 5. The van der Waals surface area contributed by atoms with E-state index in [-0.39, 0.29) is 11.1 Å². The predicted molar refractivity (Wildman–Crippen MR) is 154 cm³/mol. The third kappa shape index (κ3) is 3.71. The number of rotatable bonds is 5. The summed E-state index contributed by atoms with van der Waals surface area (Å²) in [7, 11) is 0. The number of esters is 1. The molecule has 1 unspecified atom stereocenters. The lowest BCUT2D eigenvalue weighted by Crippen LogP contribution is -2.56. The normalized spacial score (nSPS) is 18.7. The standard InChI is InChI=1S/C30H28ClN6O2/c1-5-39-29(38)28-23(16-33-30-34-18(2)19(3)37(28,30)27-9-7-6-8-24(27)31)21-10-12-22(13-11-21)36-20(4)35-25-17-32-15-14-26(25)36/h6-15,17H,5,16H2,1-4H3,(H,33,34)/q+1. The van der Waals surface area contributed by atoms with E-state index in [1.165, 1.54) is 0 Å². The minimum absolute atomic E-state index is 0.0281. The Hall–Kier alpha value is -4.27. The van der Waals surface area contributed by atoms with E-state index in [1.54, 1.807) is 12.4 Å². The van der Waals surface area contributed by atoms with Gasteiger partial charge in [0.15, 0.2) is 5.69 Å². The van der Waals surface area contributed by atoms with E-state index in [1.807, 2.05) is 82.3 Å².